The van der Waals surface area contributed by atoms with Crippen molar-refractivity contribution < 1.29 is 9.90 Å². The van der Waals surface area contributed by atoms with E-state index in [9.17, 15) is 9.90 Å². The van der Waals surface area contributed by atoms with Gasteiger partial charge in [0.25, 0.3) is 0 Å². The Morgan fingerprint density at radius 1 is 1.00 bits per heavy atom. The van der Waals surface area contributed by atoms with E-state index in [0.29, 0.717) is 23.0 Å². The van der Waals surface area contributed by atoms with Crippen LogP contribution in [0.1, 0.15) is 20.8 Å². The van der Waals surface area contributed by atoms with Crippen LogP contribution in [0.4, 0.5) is 0 Å². The van der Waals surface area contributed by atoms with Crippen molar-refractivity contribution in [1.82, 2.24) is 14.9 Å². The summed E-state index contributed by atoms with van der Waals surface area (Å²) in [5, 5.41) is 14.1. The summed E-state index contributed by atoms with van der Waals surface area (Å²) in [5.74, 6) is -0.908. The van der Waals surface area contributed by atoms with Gasteiger partial charge in [-0.3, -0.25) is 4.98 Å². The van der Waals surface area contributed by atoms with E-state index in [0.717, 1.165) is 43.7 Å². The van der Waals surface area contributed by atoms with Crippen LogP contribution < -0.4 is 5.32 Å². The molecule has 3 heterocycles. The zero-order chi connectivity index (χ0) is 23.7. The van der Waals surface area contributed by atoms with Gasteiger partial charge in [0, 0.05) is 48.7 Å². The third-order valence-electron chi connectivity index (χ3n) is 5.87. The maximum Gasteiger partial charge on any atom is 0.346 e. The van der Waals surface area contributed by atoms with Crippen molar-refractivity contribution in [2.45, 2.75) is 13.1 Å². The summed E-state index contributed by atoms with van der Waals surface area (Å²) in [4.78, 5) is 16.6. The number of benzene rings is 2. The summed E-state index contributed by atoms with van der Waals surface area (Å²) in [6, 6.07) is 21.8. The number of pyridine rings is 1. The Morgan fingerprint density at radius 2 is 1.71 bits per heavy atom. The fourth-order valence-corrected chi connectivity index (χ4v) is 5.74. The van der Waals surface area contributed by atoms with Crippen LogP contribution in [0, 0.1) is 0 Å². The van der Waals surface area contributed by atoms with Crippen LogP contribution in [-0.2, 0) is 20.1 Å². The Labute approximate surface area is 206 Å². The van der Waals surface area contributed by atoms with Crippen molar-refractivity contribution in [3.63, 3.8) is 0 Å². The lowest BCUT2D eigenvalue weighted by Crippen LogP contribution is -2.15. The van der Waals surface area contributed by atoms with Crippen LogP contribution in [-0.4, -0.2) is 20.6 Å². The van der Waals surface area contributed by atoms with Gasteiger partial charge in [0.15, 0.2) is 0 Å². The number of carbonyl (C=O) groups is 1. The van der Waals surface area contributed by atoms with Gasteiger partial charge in [-0.05, 0) is 41.0 Å². The largest absolute Gasteiger partial charge is 0.477 e. The number of thiophene rings is 1. The Balaban J connectivity index is 1.68. The number of carboxylic acids is 1. The lowest BCUT2D eigenvalue weighted by molar-refractivity contribution is 0.0701. The van der Waals surface area contributed by atoms with Crippen molar-refractivity contribution in [3.8, 4) is 22.4 Å². The number of halogens is 1. The summed E-state index contributed by atoms with van der Waals surface area (Å²) in [6.45, 7) is 1.06. The molecular formula is C27H22ClN3O2S. The van der Waals surface area contributed by atoms with E-state index in [1.807, 2.05) is 61.6 Å². The lowest BCUT2D eigenvalue weighted by Gasteiger charge is -2.11. The Bertz CT molecular complexity index is 1460. The quantitative estimate of drug-likeness (QED) is 0.271. The molecule has 5 aromatic rings. The van der Waals surface area contributed by atoms with Gasteiger partial charge < -0.3 is 15.0 Å². The van der Waals surface area contributed by atoms with Gasteiger partial charge in [0.2, 0.25) is 0 Å². The average molecular weight is 488 g/mol. The minimum Gasteiger partial charge on any atom is -0.477 e. The third kappa shape index (κ3) is 4.12. The molecule has 0 amide bonds. The Hall–Kier alpha value is -3.45. The molecule has 7 heteroatoms. The van der Waals surface area contributed by atoms with Crippen LogP contribution in [0.5, 0.6) is 0 Å². The molecule has 0 saturated carbocycles. The van der Waals surface area contributed by atoms with Crippen molar-refractivity contribution in [1.29, 1.82) is 0 Å². The highest BCUT2D eigenvalue weighted by Crippen LogP contribution is 2.46. The lowest BCUT2D eigenvalue weighted by atomic mass is 10.0. The smallest absolute Gasteiger partial charge is 0.346 e. The number of nitrogens with zero attached hydrogens (tertiary/aromatic N) is 2. The van der Waals surface area contributed by atoms with Crippen LogP contribution >= 0.6 is 22.9 Å². The Kier molecular flexibility index (Phi) is 6.20. The third-order valence-corrected chi connectivity index (χ3v) is 7.35. The average Bonchev–Trinajstić information content (AvgIpc) is 3.36. The van der Waals surface area contributed by atoms with E-state index in [2.05, 4.69) is 27.0 Å². The van der Waals surface area contributed by atoms with E-state index in [1.54, 1.807) is 12.4 Å². The van der Waals surface area contributed by atoms with Gasteiger partial charge in [-0.1, -0.05) is 54.1 Å². The fraction of sp³-hybridized carbons (Fsp3) is 0.111. The van der Waals surface area contributed by atoms with Gasteiger partial charge in [-0.15, -0.1) is 11.3 Å². The fourth-order valence-electron chi connectivity index (χ4n) is 4.36. The van der Waals surface area contributed by atoms with E-state index in [4.69, 9.17) is 11.6 Å². The molecule has 3 aromatic heterocycles. The number of aryl methyl sites for hydroxylation is 1. The highest BCUT2D eigenvalue weighted by molar-refractivity contribution is 7.21. The molecule has 5 rings (SSSR count). The van der Waals surface area contributed by atoms with Crippen molar-refractivity contribution in [2.75, 3.05) is 0 Å². The summed E-state index contributed by atoms with van der Waals surface area (Å²) in [5.41, 5.74) is 6.98. The van der Waals surface area contributed by atoms with Crippen molar-refractivity contribution in [3.05, 3.63) is 100 Å². The minimum absolute atomic E-state index is 0.364. The number of hydrogen-bond donors (Lipinski definition) is 2. The second-order valence-corrected chi connectivity index (χ2v) is 9.46. The Morgan fingerprint density at radius 3 is 2.38 bits per heavy atom. The monoisotopic (exact) mass is 487 g/mol. The number of rotatable bonds is 7. The molecule has 0 radical (unpaired) electrons. The molecule has 0 unspecified atom stereocenters. The number of fused-ring (bicyclic) bond motifs is 1. The minimum atomic E-state index is -0.908. The predicted molar refractivity (Wildman–Crippen MR) is 138 cm³/mol. The number of nitrogens with one attached hydrogen (secondary N) is 1. The maximum absolute atomic E-state index is 12.2. The van der Waals surface area contributed by atoms with Crippen molar-refractivity contribution >= 4 is 39.1 Å². The molecule has 2 aromatic carbocycles. The normalized spacial score (nSPS) is 11.2. The summed E-state index contributed by atoms with van der Waals surface area (Å²) in [7, 11) is 2.00. The molecule has 0 aliphatic carbocycles. The molecule has 0 spiro atoms. The topological polar surface area (TPSA) is 67.2 Å². The molecule has 0 fully saturated rings. The summed E-state index contributed by atoms with van der Waals surface area (Å²) < 4.78 is 3.09. The number of aromatic carboxylic acids is 1. The molecule has 0 atom stereocenters. The van der Waals surface area contributed by atoms with Gasteiger partial charge >= 0.3 is 5.97 Å². The van der Waals surface area contributed by atoms with Gasteiger partial charge in [-0.25, -0.2) is 4.79 Å². The number of carboxylic acid groups (broad SMARTS) is 1. The molecule has 0 aliphatic heterocycles. The second-order valence-electron chi connectivity index (χ2n) is 8.01. The number of aromatic nitrogens is 2. The molecule has 0 saturated heterocycles. The predicted octanol–water partition coefficient (Wildman–Crippen LogP) is 6.61. The standard InChI is InChI=1S/C27H22ClN3O2S/c1-31-23(19-7-9-20(28)10-8-19)22(18-5-3-2-4-6-18)26-24(31)21(25(34-26)27(32)33)16-30-15-17-11-13-29-14-12-17/h2-14,30H,15-16H2,1H3,(H,32,33). The van der Waals surface area contributed by atoms with Crippen LogP contribution in [0.25, 0.3) is 32.6 Å². The van der Waals surface area contributed by atoms with E-state index in [1.165, 1.54) is 11.3 Å². The SMILES string of the molecule is Cn1c(-c2ccc(Cl)cc2)c(-c2ccccc2)c2sc(C(=O)O)c(CNCc3ccncc3)c21. The zero-order valence-electron chi connectivity index (χ0n) is 18.5. The van der Waals surface area contributed by atoms with Gasteiger partial charge in [-0.2, -0.15) is 0 Å². The first-order valence-corrected chi connectivity index (χ1v) is 12.0. The molecule has 0 aliphatic rings. The molecular weight excluding hydrogens is 466 g/mol. The van der Waals surface area contributed by atoms with Crippen LogP contribution in [0.2, 0.25) is 5.02 Å². The first-order chi connectivity index (χ1) is 16.5. The van der Waals surface area contributed by atoms with E-state index < -0.39 is 5.97 Å². The van der Waals surface area contributed by atoms with E-state index >= 15 is 0 Å². The van der Waals surface area contributed by atoms with Gasteiger partial charge in [0.1, 0.15) is 4.88 Å². The van der Waals surface area contributed by atoms with E-state index in [-0.39, 0.29) is 0 Å². The zero-order valence-corrected chi connectivity index (χ0v) is 20.0. The highest BCUT2D eigenvalue weighted by atomic mass is 35.5. The molecule has 170 valence electrons. The first kappa shape index (κ1) is 22.3. The molecule has 5 nitrogen and oxygen atoms in total. The van der Waals surface area contributed by atoms with Gasteiger partial charge in [0.05, 0.1) is 15.9 Å². The molecule has 34 heavy (non-hydrogen) atoms. The van der Waals surface area contributed by atoms with Crippen LogP contribution in [0.15, 0.2) is 79.1 Å². The summed E-state index contributed by atoms with van der Waals surface area (Å²) in [6.07, 6.45) is 3.51. The maximum atomic E-state index is 12.2. The highest BCUT2D eigenvalue weighted by Gasteiger charge is 2.27. The first-order valence-electron chi connectivity index (χ1n) is 10.8. The van der Waals surface area contributed by atoms with Crippen LogP contribution in [0.3, 0.4) is 0 Å². The van der Waals surface area contributed by atoms with Crippen molar-refractivity contribution in [2.24, 2.45) is 7.05 Å². The summed E-state index contributed by atoms with van der Waals surface area (Å²) >= 11 is 7.50. The number of hydrogen-bond acceptors (Lipinski definition) is 4. The second kappa shape index (κ2) is 9.43. The molecule has 0 bridgehead atoms. The molecule has 2 N–H and O–H groups in total.